The van der Waals surface area contributed by atoms with E-state index in [1.54, 1.807) is 65.0 Å². The molecule has 0 heterocycles. The normalized spacial score (nSPS) is 15.5. The Morgan fingerprint density at radius 3 is 1.34 bits per heavy atom. The third-order valence-electron chi connectivity index (χ3n) is 13.5. The van der Waals surface area contributed by atoms with Crippen molar-refractivity contribution in [1.29, 1.82) is 0 Å². The van der Waals surface area contributed by atoms with E-state index in [1.807, 2.05) is 12.2 Å². The highest BCUT2D eigenvalue weighted by atomic mass is 16.4. The summed E-state index contributed by atoms with van der Waals surface area (Å²) in [6.07, 6.45) is -1.48. The van der Waals surface area contributed by atoms with E-state index in [1.165, 1.54) is 0 Å². The minimum atomic E-state index is -1.83. The molecule has 83 heavy (non-hydrogen) atoms. The molecule has 30 nitrogen and oxygen atoms in total. The Balaban J connectivity index is 3.62. The van der Waals surface area contributed by atoms with E-state index < -0.39 is 189 Å². The average molecular weight is 1180 g/mol. The van der Waals surface area contributed by atoms with Crippen molar-refractivity contribution in [3.63, 3.8) is 0 Å². The van der Waals surface area contributed by atoms with E-state index in [2.05, 4.69) is 42.5 Å². The Hall–Kier alpha value is -7.83. The lowest BCUT2D eigenvalue weighted by molar-refractivity contribution is -0.143. The van der Waals surface area contributed by atoms with Crippen LogP contribution in [0, 0.1) is 17.8 Å². The molecule has 0 aliphatic heterocycles. The summed E-state index contributed by atoms with van der Waals surface area (Å²) in [7, 11) is 0. The number of benzene rings is 1. The van der Waals surface area contributed by atoms with Crippen LogP contribution >= 0.6 is 0 Å². The molecule has 1 aromatic carbocycles. The number of aliphatic carboxylic acids is 1. The summed E-state index contributed by atoms with van der Waals surface area (Å²) in [6.45, 7) is 8.49. The second-order valence-corrected chi connectivity index (χ2v) is 20.8. The SMILES string of the molecule is CC[C@H](C)[C@H](N)C(=O)N[C@H](C(=O)N[C@@H](CCC(N)=O)C(=O)N[C@@H](CC(N)=O)C(=O)N[C@@H](CC(C)C)C(=O)N[C@@H](CCCCN)C(=O)N[C@@H](Cc1ccccc1)C(=O)N[C@@H](CO)C(=O)N[C@@H](CCC(N)=O)C(=O)N[C@@H](CO)C(=O)O)[C@@H](C)CC. The molecule has 0 aliphatic rings. The number of rotatable bonds is 41. The third kappa shape index (κ3) is 27.2. The first-order valence-corrected chi connectivity index (χ1v) is 27.6. The zero-order chi connectivity index (χ0) is 63.1. The maximum Gasteiger partial charge on any atom is 0.328 e. The van der Waals surface area contributed by atoms with Crippen LogP contribution in [-0.4, -0.2) is 172 Å². The van der Waals surface area contributed by atoms with E-state index in [9.17, 15) is 77.6 Å². The van der Waals surface area contributed by atoms with E-state index in [0.29, 0.717) is 24.8 Å². The van der Waals surface area contributed by atoms with Crippen LogP contribution in [0.4, 0.5) is 0 Å². The van der Waals surface area contributed by atoms with Gasteiger partial charge in [-0.3, -0.25) is 57.5 Å². The zero-order valence-electron chi connectivity index (χ0n) is 48.0. The number of nitrogens with two attached hydrogens (primary N) is 5. The van der Waals surface area contributed by atoms with Crippen LogP contribution in [-0.2, 0) is 68.7 Å². The van der Waals surface area contributed by atoms with Crippen molar-refractivity contribution < 1.29 is 77.6 Å². The number of aliphatic hydroxyl groups is 2. The summed E-state index contributed by atoms with van der Waals surface area (Å²) in [4.78, 5) is 172. The molecule has 0 unspecified atom stereocenters. The molecule has 0 radical (unpaired) electrons. The number of amides is 12. The quantitative estimate of drug-likeness (QED) is 0.0272. The van der Waals surface area contributed by atoms with Crippen molar-refractivity contribution in [3.05, 3.63) is 35.9 Å². The topological polar surface area (TPSA) is 521 Å². The summed E-state index contributed by atoms with van der Waals surface area (Å²) in [5, 5.41) is 50.8. The molecule has 0 aliphatic carbocycles. The third-order valence-corrected chi connectivity index (χ3v) is 13.5. The number of hydrogen-bond acceptors (Lipinski definition) is 17. The Bertz CT molecular complexity index is 2360. The van der Waals surface area contributed by atoms with Gasteiger partial charge >= 0.3 is 5.97 Å². The number of carboxylic acid groups (broad SMARTS) is 1. The summed E-state index contributed by atoms with van der Waals surface area (Å²) in [5.74, 6) is -14.5. The fraction of sp³-hybridized carbons (Fsp3) is 0.642. The number of carboxylic acids is 1. The number of primary amides is 3. The number of carbonyl (C=O) groups excluding carboxylic acids is 12. The molecular weight excluding hydrogens is 1090 g/mol. The highest BCUT2D eigenvalue weighted by Crippen LogP contribution is 2.14. The standard InChI is InChI=1S/C53H88N14O16/c1-7-28(5)42(58)51(80)67-43(29(6)8-2)52(81)61-33(18-20-40(56)71)45(74)64-36(24-41(57)72)49(78)62-34(22-27(3)4)47(76)59-31(16-12-13-21-54)44(73)63-35(23-30-14-10-9-11-15-30)48(77)65-37(25-68)50(79)60-32(17-19-39(55)70)46(75)66-38(26-69)53(82)83/h9-11,14-15,27-29,31-38,42-43,68-69H,7-8,12-13,16-26,54,58H2,1-6H3,(H2,55,70)(H2,56,71)(H2,57,72)(H,59,76)(H,60,79)(H,61,81)(H,62,78)(H,63,73)(H,64,74)(H,65,77)(H,66,75)(H,67,80)(H,82,83)/t28-,29-,31-,32-,33-,34-,35-,36-,37-,38-,42-,43-/m0/s1. The van der Waals surface area contributed by atoms with Gasteiger partial charge in [0.1, 0.15) is 54.4 Å². The summed E-state index contributed by atoms with van der Waals surface area (Å²) < 4.78 is 0. The number of aliphatic hydroxyl groups excluding tert-OH is 2. The Morgan fingerprint density at radius 1 is 0.470 bits per heavy atom. The van der Waals surface area contributed by atoms with Gasteiger partial charge in [0.25, 0.3) is 0 Å². The second kappa shape index (κ2) is 38.0. The molecule has 0 aromatic heterocycles. The van der Waals surface area contributed by atoms with Crippen LogP contribution in [0.5, 0.6) is 0 Å². The molecule has 0 spiro atoms. The first-order valence-electron chi connectivity index (χ1n) is 27.6. The van der Waals surface area contributed by atoms with Crippen molar-refractivity contribution in [2.45, 2.75) is 179 Å². The predicted octanol–water partition coefficient (Wildman–Crippen LogP) is -5.34. The summed E-state index contributed by atoms with van der Waals surface area (Å²) in [5.41, 5.74) is 28.5. The monoisotopic (exact) mass is 1180 g/mol. The van der Waals surface area contributed by atoms with Crippen molar-refractivity contribution in [3.8, 4) is 0 Å². The van der Waals surface area contributed by atoms with Gasteiger partial charge < -0.3 is 91.8 Å². The van der Waals surface area contributed by atoms with Gasteiger partial charge in [0.2, 0.25) is 70.9 Å². The molecule has 30 heteroatoms. The van der Waals surface area contributed by atoms with Crippen molar-refractivity contribution >= 4 is 76.9 Å². The zero-order valence-corrected chi connectivity index (χ0v) is 48.0. The average Bonchev–Trinajstić information content (AvgIpc) is 3.48. The minimum Gasteiger partial charge on any atom is -0.480 e. The highest BCUT2D eigenvalue weighted by Gasteiger charge is 2.37. The van der Waals surface area contributed by atoms with Crippen LogP contribution in [0.1, 0.15) is 118 Å². The molecule has 0 saturated carbocycles. The Kier molecular flexibility index (Phi) is 33.5. The summed E-state index contributed by atoms with van der Waals surface area (Å²) in [6, 6.07) is -7.17. The molecule has 12 atom stereocenters. The first-order chi connectivity index (χ1) is 39.0. The fourth-order valence-corrected chi connectivity index (χ4v) is 8.06. The van der Waals surface area contributed by atoms with Crippen molar-refractivity contribution in [2.75, 3.05) is 19.8 Å². The lowest BCUT2D eigenvalue weighted by Gasteiger charge is -2.29. The van der Waals surface area contributed by atoms with Gasteiger partial charge in [0.15, 0.2) is 0 Å². The molecule has 12 amide bonds. The van der Waals surface area contributed by atoms with Gasteiger partial charge in [-0.15, -0.1) is 0 Å². The molecular formula is C53H88N14O16. The number of unbranched alkanes of at least 4 members (excludes halogenated alkanes) is 1. The van der Waals surface area contributed by atoms with E-state index in [-0.39, 0.29) is 44.1 Å². The van der Waals surface area contributed by atoms with Gasteiger partial charge in [-0.05, 0) is 68.4 Å². The van der Waals surface area contributed by atoms with Crippen LogP contribution in [0.2, 0.25) is 0 Å². The fourth-order valence-electron chi connectivity index (χ4n) is 8.06. The molecule has 22 N–H and O–H groups in total. The molecule has 0 fully saturated rings. The Morgan fingerprint density at radius 2 is 0.880 bits per heavy atom. The minimum absolute atomic E-state index is 0.0861. The molecule has 1 rings (SSSR count). The van der Waals surface area contributed by atoms with Crippen LogP contribution < -0.4 is 76.5 Å². The van der Waals surface area contributed by atoms with Gasteiger partial charge in [-0.25, -0.2) is 4.79 Å². The molecule has 466 valence electrons. The van der Waals surface area contributed by atoms with Crippen LogP contribution in [0.15, 0.2) is 30.3 Å². The molecule has 1 aromatic rings. The smallest absolute Gasteiger partial charge is 0.328 e. The largest absolute Gasteiger partial charge is 0.480 e. The van der Waals surface area contributed by atoms with Crippen molar-refractivity contribution in [2.24, 2.45) is 46.4 Å². The number of hydrogen-bond donors (Lipinski definition) is 17. The second-order valence-electron chi connectivity index (χ2n) is 20.8. The van der Waals surface area contributed by atoms with E-state index in [0.717, 1.165) is 0 Å². The van der Waals surface area contributed by atoms with Crippen LogP contribution in [0.25, 0.3) is 0 Å². The lowest BCUT2D eigenvalue weighted by atomic mass is 9.95. The van der Waals surface area contributed by atoms with Crippen LogP contribution in [0.3, 0.4) is 0 Å². The first kappa shape index (κ1) is 73.2. The van der Waals surface area contributed by atoms with E-state index in [4.69, 9.17) is 28.7 Å². The van der Waals surface area contributed by atoms with Gasteiger partial charge in [-0.2, -0.15) is 0 Å². The lowest BCUT2D eigenvalue weighted by Crippen LogP contribution is -2.61. The highest BCUT2D eigenvalue weighted by molar-refractivity contribution is 5.99. The van der Waals surface area contributed by atoms with Crippen molar-refractivity contribution in [1.82, 2.24) is 47.9 Å². The van der Waals surface area contributed by atoms with E-state index >= 15 is 0 Å². The van der Waals surface area contributed by atoms with Gasteiger partial charge in [-0.1, -0.05) is 84.7 Å². The molecule has 0 bridgehead atoms. The number of nitrogens with one attached hydrogen (secondary N) is 9. The Labute approximate surface area is 482 Å². The summed E-state index contributed by atoms with van der Waals surface area (Å²) >= 11 is 0. The maximum atomic E-state index is 14.4. The predicted molar refractivity (Wildman–Crippen MR) is 299 cm³/mol. The maximum absolute atomic E-state index is 14.4. The molecule has 0 saturated heterocycles. The van der Waals surface area contributed by atoms with Gasteiger partial charge in [0.05, 0.1) is 25.7 Å². The van der Waals surface area contributed by atoms with Gasteiger partial charge in [0, 0.05) is 19.3 Å². The number of carbonyl (C=O) groups is 13.